The molecule has 0 saturated heterocycles. The van der Waals surface area contributed by atoms with Crippen LogP contribution in [0.15, 0.2) is 72.6 Å². The number of halogens is 1. The Morgan fingerprint density at radius 1 is 1.03 bits per heavy atom. The summed E-state index contributed by atoms with van der Waals surface area (Å²) in [5, 5.41) is 22.3. The minimum atomic E-state index is -1.30. The molecule has 0 aliphatic carbocycles. The minimum Gasteiger partial charge on any atom is -0.505 e. The van der Waals surface area contributed by atoms with Gasteiger partial charge in [0.2, 0.25) is 0 Å². The number of hydrogen-bond donors (Lipinski definition) is 2. The molecule has 0 radical (unpaired) electrons. The quantitative estimate of drug-likeness (QED) is 0.432. The Morgan fingerprint density at radius 2 is 1.69 bits per heavy atom. The molecule has 3 heterocycles. The van der Waals surface area contributed by atoms with Crippen molar-refractivity contribution in [2.24, 2.45) is 4.99 Å². The van der Waals surface area contributed by atoms with E-state index in [0.29, 0.717) is 10.6 Å². The Bertz CT molecular complexity index is 1490. The van der Waals surface area contributed by atoms with Gasteiger partial charge >= 0.3 is 11.3 Å². The van der Waals surface area contributed by atoms with E-state index in [9.17, 15) is 19.8 Å². The molecule has 0 spiro atoms. The standard InChI is InChI=1S/C23H15ClN2O6/c1-3-13-18(25-2)20(27)16(22(29)31-13)15(11-6-8-12(24)9-7-11)17-21(28)19-14(32-23(17)30)5-4-10-26-19/h3-10,15,27-28H,1-2H2. The predicted molar refractivity (Wildman–Crippen MR) is 120 cm³/mol. The van der Waals surface area contributed by atoms with E-state index >= 15 is 0 Å². The van der Waals surface area contributed by atoms with Crippen molar-refractivity contribution in [3.63, 3.8) is 0 Å². The number of benzene rings is 1. The second-order valence-electron chi connectivity index (χ2n) is 6.71. The highest BCUT2D eigenvalue weighted by Gasteiger charge is 2.33. The zero-order valence-corrected chi connectivity index (χ0v) is 17.2. The fourth-order valence-electron chi connectivity index (χ4n) is 3.51. The lowest BCUT2D eigenvalue weighted by Gasteiger charge is -2.19. The highest BCUT2D eigenvalue weighted by molar-refractivity contribution is 6.30. The Hall–Kier alpha value is -4.17. The molecule has 3 aromatic heterocycles. The van der Waals surface area contributed by atoms with E-state index in [1.165, 1.54) is 48.7 Å². The van der Waals surface area contributed by atoms with Gasteiger partial charge in [-0.3, -0.25) is 4.99 Å². The van der Waals surface area contributed by atoms with Crippen LogP contribution in [0.5, 0.6) is 11.5 Å². The van der Waals surface area contributed by atoms with Crippen molar-refractivity contribution in [2.75, 3.05) is 0 Å². The minimum absolute atomic E-state index is 0.00900. The first kappa shape index (κ1) is 21.1. The molecule has 4 rings (SSSR count). The molecule has 32 heavy (non-hydrogen) atoms. The zero-order valence-electron chi connectivity index (χ0n) is 16.4. The van der Waals surface area contributed by atoms with Crippen molar-refractivity contribution in [2.45, 2.75) is 5.92 Å². The van der Waals surface area contributed by atoms with Crippen LogP contribution in [0.3, 0.4) is 0 Å². The van der Waals surface area contributed by atoms with Crippen LogP contribution in [-0.4, -0.2) is 21.9 Å². The van der Waals surface area contributed by atoms with Crippen LogP contribution in [0.4, 0.5) is 5.69 Å². The van der Waals surface area contributed by atoms with Gasteiger partial charge in [-0.1, -0.05) is 30.3 Å². The maximum absolute atomic E-state index is 13.0. The van der Waals surface area contributed by atoms with Gasteiger partial charge < -0.3 is 19.0 Å². The number of hydrogen-bond acceptors (Lipinski definition) is 8. The molecule has 1 unspecified atom stereocenters. The number of rotatable bonds is 5. The van der Waals surface area contributed by atoms with Gasteiger partial charge in [0.15, 0.2) is 22.8 Å². The van der Waals surface area contributed by atoms with Gasteiger partial charge in [-0.25, -0.2) is 14.6 Å². The number of nitrogens with zero attached hydrogens (tertiary/aromatic N) is 2. The van der Waals surface area contributed by atoms with Crippen molar-refractivity contribution in [1.29, 1.82) is 0 Å². The highest BCUT2D eigenvalue weighted by atomic mass is 35.5. The second-order valence-corrected chi connectivity index (χ2v) is 7.15. The molecular formula is C23H15ClN2O6. The largest absolute Gasteiger partial charge is 0.505 e. The van der Waals surface area contributed by atoms with E-state index in [4.69, 9.17) is 20.4 Å². The van der Waals surface area contributed by atoms with E-state index in [0.717, 1.165) is 0 Å². The average molecular weight is 451 g/mol. The fraction of sp³-hybridized carbons (Fsp3) is 0.0435. The van der Waals surface area contributed by atoms with Crippen molar-refractivity contribution < 1.29 is 19.0 Å². The number of aliphatic imine (C=N–C) groups is 1. The number of aromatic hydroxyl groups is 2. The average Bonchev–Trinajstić information content (AvgIpc) is 2.78. The molecule has 0 saturated carbocycles. The Labute approximate surface area is 185 Å². The van der Waals surface area contributed by atoms with Gasteiger partial charge in [0.05, 0.1) is 17.0 Å². The summed E-state index contributed by atoms with van der Waals surface area (Å²) < 4.78 is 10.6. The summed E-state index contributed by atoms with van der Waals surface area (Å²) >= 11 is 6.00. The van der Waals surface area contributed by atoms with Crippen LogP contribution < -0.4 is 11.3 Å². The predicted octanol–water partition coefficient (Wildman–Crippen LogP) is 4.36. The van der Waals surface area contributed by atoms with Gasteiger partial charge in [-0.05, 0) is 42.6 Å². The number of pyridine rings is 1. The van der Waals surface area contributed by atoms with E-state index in [-0.39, 0.29) is 33.7 Å². The lowest BCUT2D eigenvalue weighted by atomic mass is 9.85. The normalized spacial score (nSPS) is 11.9. The molecule has 0 aliphatic heterocycles. The third kappa shape index (κ3) is 3.36. The van der Waals surface area contributed by atoms with E-state index in [2.05, 4.69) is 23.3 Å². The molecule has 160 valence electrons. The first-order valence-electron chi connectivity index (χ1n) is 9.22. The van der Waals surface area contributed by atoms with Crippen LogP contribution in [-0.2, 0) is 0 Å². The van der Waals surface area contributed by atoms with Crippen LogP contribution in [0.2, 0.25) is 5.02 Å². The SMILES string of the molecule is C=Cc1oc(=O)c(C(c2ccc(Cl)cc2)c2c(O)c3ncccc3oc2=O)c(O)c1N=C. The Balaban J connectivity index is 2.15. The topological polar surface area (TPSA) is 126 Å². The van der Waals surface area contributed by atoms with Crippen molar-refractivity contribution in [3.8, 4) is 11.5 Å². The third-order valence-corrected chi connectivity index (χ3v) is 5.18. The van der Waals surface area contributed by atoms with Crippen molar-refractivity contribution in [1.82, 2.24) is 4.98 Å². The fourth-order valence-corrected chi connectivity index (χ4v) is 3.63. The summed E-state index contributed by atoms with van der Waals surface area (Å²) in [6.07, 6.45) is 2.60. The van der Waals surface area contributed by atoms with Gasteiger partial charge in [0.25, 0.3) is 0 Å². The third-order valence-electron chi connectivity index (χ3n) is 4.93. The molecular weight excluding hydrogens is 436 g/mol. The molecule has 0 amide bonds. The number of fused-ring (bicyclic) bond motifs is 1. The molecule has 0 bridgehead atoms. The van der Waals surface area contributed by atoms with Crippen molar-refractivity contribution in [3.05, 3.63) is 97.5 Å². The Kier molecular flexibility index (Phi) is 5.38. The first-order valence-corrected chi connectivity index (χ1v) is 9.60. The molecule has 4 aromatic rings. The van der Waals surface area contributed by atoms with Crippen LogP contribution >= 0.6 is 11.6 Å². The lowest BCUT2D eigenvalue weighted by molar-refractivity contribution is 0.426. The second kappa shape index (κ2) is 8.16. The number of aromatic nitrogens is 1. The summed E-state index contributed by atoms with van der Waals surface area (Å²) in [6.45, 7) is 6.91. The monoisotopic (exact) mass is 450 g/mol. The molecule has 1 aromatic carbocycles. The van der Waals surface area contributed by atoms with Crippen LogP contribution in [0.25, 0.3) is 17.2 Å². The van der Waals surface area contributed by atoms with Crippen LogP contribution in [0, 0.1) is 0 Å². The van der Waals surface area contributed by atoms with E-state index in [1.54, 1.807) is 0 Å². The highest BCUT2D eigenvalue weighted by Crippen LogP contribution is 2.43. The van der Waals surface area contributed by atoms with Gasteiger partial charge in [-0.15, -0.1) is 0 Å². The van der Waals surface area contributed by atoms with Crippen molar-refractivity contribution >= 4 is 41.2 Å². The summed E-state index contributed by atoms with van der Waals surface area (Å²) in [5.41, 5.74) is -2.30. The molecule has 8 nitrogen and oxygen atoms in total. The van der Waals surface area contributed by atoms with E-state index < -0.39 is 28.7 Å². The lowest BCUT2D eigenvalue weighted by Crippen LogP contribution is -2.21. The summed E-state index contributed by atoms with van der Waals surface area (Å²) in [7, 11) is 0. The molecule has 1 atom stereocenters. The van der Waals surface area contributed by atoms with Gasteiger partial charge in [-0.2, -0.15) is 0 Å². The first-order chi connectivity index (χ1) is 15.4. The summed E-state index contributed by atoms with van der Waals surface area (Å²) in [4.78, 5) is 33.7. The maximum Gasteiger partial charge on any atom is 0.344 e. The molecule has 0 fully saturated rings. The summed E-state index contributed by atoms with van der Waals surface area (Å²) in [5.74, 6) is -2.48. The van der Waals surface area contributed by atoms with Crippen LogP contribution in [0.1, 0.15) is 28.4 Å². The smallest absolute Gasteiger partial charge is 0.344 e. The zero-order chi connectivity index (χ0) is 23.0. The maximum atomic E-state index is 13.0. The molecule has 9 heteroatoms. The van der Waals surface area contributed by atoms with Gasteiger partial charge in [0, 0.05) is 11.2 Å². The van der Waals surface area contributed by atoms with Gasteiger partial charge in [0.1, 0.15) is 11.2 Å². The summed E-state index contributed by atoms with van der Waals surface area (Å²) in [6, 6.07) is 9.15. The molecule has 0 aliphatic rings. The molecule has 2 N–H and O–H groups in total. The Morgan fingerprint density at radius 3 is 2.34 bits per heavy atom. The van der Waals surface area contributed by atoms with E-state index in [1.807, 2.05) is 0 Å².